The molecular weight excluding hydrogens is 289 g/mol. The van der Waals surface area contributed by atoms with E-state index in [1.807, 2.05) is 6.92 Å². The van der Waals surface area contributed by atoms with Gasteiger partial charge in [0.05, 0.1) is 13.7 Å². The molecule has 0 aromatic heterocycles. The maximum absolute atomic E-state index is 13.7. The highest BCUT2D eigenvalue weighted by Crippen LogP contribution is 2.17. The van der Waals surface area contributed by atoms with Gasteiger partial charge in [-0.15, -0.1) is 0 Å². The number of benzene rings is 1. The van der Waals surface area contributed by atoms with Crippen LogP contribution in [0.1, 0.15) is 19.4 Å². The van der Waals surface area contributed by atoms with E-state index in [4.69, 9.17) is 4.74 Å². The highest BCUT2D eigenvalue weighted by Gasteiger charge is 2.25. The minimum absolute atomic E-state index is 0.187. The zero-order chi connectivity index (χ0) is 16.7. The van der Waals surface area contributed by atoms with Crippen molar-refractivity contribution in [1.82, 2.24) is 10.6 Å². The number of amides is 3. The van der Waals surface area contributed by atoms with Gasteiger partial charge in [-0.3, -0.25) is 10.1 Å². The van der Waals surface area contributed by atoms with E-state index in [2.05, 4.69) is 10.6 Å². The summed E-state index contributed by atoms with van der Waals surface area (Å²) in [6.07, 6.45) is 0. The molecule has 0 radical (unpaired) electrons. The number of hydrogen-bond acceptors (Lipinski definition) is 3. The topological polar surface area (TPSA) is 71.9 Å². The standard InChI is InChI=1S/C15H22FN3O3/c1-5-19(10(2)14(20)18-15(21)17-3)9-11-6-7-13(22-4)12(16)8-11/h6-8,10H,5,9H2,1-4H3,(H2,17,18,20,21)/p+1/t10-/m0/s1. The van der Waals surface area contributed by atoms with E-state index in [1.54, 1.807) is 19.1 Å². The van der Waals surface area contributed by atoms with Crippen LogP contribution >= 0.6 is 0 Å². The van der Waals surface area contributed by atoms with Crippen LogP contribution in [0, 0.1) is 5.82 Å². The number of halogens is 1. The Morgan fingerprint density at radius 1 is 1.41 bits per heavy atom. The van der Waals surface area contributed by atoms with Crippen LogP contribution in [0.5, 0.6) is 5.75 Å². The molecule has 0 aliphatic heterocycles. The molecule has 0 spiro atoms. The van der Waals surface area contributed by atoms with Crippen LogP contribution in [0.2, 0.25) is 0 Å². The van der Waals surface area contributed by atoms with Crippen LogP contribution in [0.15, 0.2) is 18.2 Å². The summed E-state index contributed by atoms with van der Waals surface area (Å²) in [6, 6.07) is 3.75. The van der Waals surface area contributed by atoms with E-state index in [-0.39, 0.29) is 11.7 Å². The average Bonchev–Trinajstić information content (AvgIpc) is 2.51. The van der Waals surface area contributed by atoms with Gasteiger partial charge in [0.1, 0.15) is 6.54 Å². The molecule has 1 unspecified atom stereocenters. The predicted molar refractivity (Wildman–Crippen MR) is 80.2 cm³/mol. The molecule has 0 saturated heterocycles. The molecule has 1 aromatic rings. The molecule has 0 fully saturated rings. The van der Waals surface area contributed by atoms with Crippen molar-refractivity contribution in [1.29, 1.82) is 0 Å². The van der Waals surface area contributed by atoms with Crippen LogP contribution in [0.3, 0.4) is 0 Å². The number of imide groups is 1. The first-order valence-corrected chi connectivity index (χ1v) is 7.12. The number of urea groups is 1. The van der Waals surface area contributed by atoms with Crippen LogP contribution in [-0.2, 0) is 11.3 Å². The van der Waals surface area contributed by atoms with Crippen molar-refractivity contribution in [2.45, 2.75) is 26.4 Å². The van der Waals surface area contributed by atoms with Crippen molar-refractivity contribution in [3.63, 3.8) is 0 Å². The van der Waals surface area contributed by atoms with Gasteiger partial charge >= 0.3 is 6.03 Å². The van der Waals surface area contributed by atoms with Gasteiger partial charge in [-0.2, -0.15) is 0 Å². The Labute approximate surface area is 129 Å². The Kier molecular flexibility index (Phi) is 6.78. The number of rotatable bonds is 6. The van der Waals surface area contributed by atoms with E-state index >= 15 is 0 Å². The molecule has 0 heterocycles. The Hall–Kier alpha value is -2.15. The van der Waals surface area contributed by atoms with Gasteiger partial charge in [0.2, 0.25) is 0 Å². The molecule has 7 heteroatoms. The van der Waals surface area contributed by atoms with Crippen molar-refractivity contribution in [3.05, 3.63) is 29.6 Å². The van der Waals surface area contributed by atoms with E-state index in [0.29, 0.717) is 13.1 Å². The van der Waals surface area contributed by atoms with Crippen LogP contribution in [0.25, 0.3) is 0 Å². The third kappa shape index (κ3) is 4.70. The monoisotopic (exact) mass is 312 g/mol. The molecule has 2 atom stereocenters. The first-order valence-electron chi connectivity index (χ1n) is 7.12. The zero-order valence-electron chi connectivity index (χ0n) is 13.3. The Morgan fingerprint density at radius 3 is 2.59 bits per heavy atom. The first-order chi connectivity index (χ1) is 10.4. The van der Waals surface area contributed by atoms with Crippen molar-refractivity contribution < 1.29 is 23.6 Å². The normalized spacial score (nSPS) is 13.1. The Bertz CT molecular complexity index is 537. The van der Waals surface area contributed by atoms with Gasteiger partial charge in [0, 0.05) is 12.6 Å². The third-order valence-electron chi connectivity index (χ3n) is 3.57. The molecule has 0 aliphatic rings. The van der Waals surface area contributed by atoms with Crippen molar-refractivity contribution in [2.24, 2.45) is 0 Å². The van der Waals surface area contributed by atoms with Crippen molar-refractivity contribution in [2.75, 3.05) is 20.7 Å². The Morgan fingerprint density at radius 2 is 2.09 bits per heavy atom. The van der Waals surface area contributed by atoms with Gasteiger partial charge in [-0.25, -0.2) is 9.18 Å². The van der Waals surface area contributed by atoms with Gasteiger partial charge in [-0.1, -0.05) is 0 Å². The second-order valence-electron chi connectivity index (χ2n) is 4.95. The first kappa shape index (κ1) is 17.9. The summed E-state index contributed by atoms with van der Waals surface area (Å²) >= 11 is 0. The molecule has 3 N–H and O–H groups in total. The maximum Gasteiger partial charge on any atom is 0.321 e. The molecular formula is C15H23FN3O3+. The summed E-state index contributed by atoms with van der Waals surface area (Å²) < 4.78 is 18.6. The average molecular weight is 312 g/mol. The number of nitrogens with one attached hydrogen (secondary N) is 3. The molecule has 122 valence electrons. The highest BCUT2D eigenvalue weighted by molar-refractivity contribution is 5.96. The third-order valence-corrected chi connectivity index (χ3v) is 3.57. The highest BCUT2D eigenvalue weighted by atomic mass is 19.1. The van der Waals surface area contributed by atoms with Gasteiger partial charge in [0.15, 0.2) is 17.6 Å². The van der Waals surface area contributed by atoms with Crippen LogP contribution < -0.4 is 20.3 Å². The number of carbonyl (C=O) groups is 2. The molecule has 6 nitrogen and oxygen atoms in total. The summed E-state index contributed by atoms with van der Waals surface area (Å²) in [4.78, 5) is 24.1. The molecule has 3 amide bonds. The van der Waals surface area contributed by atoms with Crippen LogP contribution in [0.4, 0.5) is 9.18 Å². The molecule has 0 aliphatic carbocycles. The minimum Gasteiger partial charge on any atom is -0.494 e. The summed E-state index contributed by atoms with van der Waals surface area (Å²) in [7, 11) is 2.85. The van der Waals surface area contributed by atoms with Crippen molar-refractivity contribution in [3.8, 4) is 5.75 Å². The van der Waals surface area contributed by atoms with Gasteiger partial charge < -0.3 is 15.0 Å². The fourth-order valence-electron chi connectivity index (χ4n) is 2.13. The minimum atomic E-state index is -0.539. The Balaban J connectivity index is 2.77. The molecule has 1 aromatic carbocycles. The second kappa shape index (κ2) is 8.33. The molecule has 1 rings (SSSR count). The summed E-state index contributed by atoms with van der Waals surface area (Å²) in [5.74, 6) is -0.615. The number of quaternary nitrogens is 1. The van der Waals surface area contributed by atoms with Gasteiger partial charge in [-0.05, 0) is 32.0 Å². The number of ether oxygens (including phenoxy) is 1. The quantitative estimate of drug-likeness (QED) is 0.697. The smallest absolute Gasteiger partial charge is 0.321 e. The zero-order valence-corrected chi connectivity index (χ0v) is 13.3. The lowest BCUT2D eigenvalue weighted by Gasteiger charge is -2.24. The lowest BCUT2D eigenvalue weighted by Crippen LogP contribution is -3.15. The number of carbonyl (C=O) groups excluding carboxylic acids is 2. The number of likely N-dealkylation sites (N-methyl/N-ethyl adjacent to an activating group) is 1. The summed E-state index contributed by atoms with van der Waals surface area (Å²) in [5, 5.41) is 4.59. The summed E-state index contributed by atoms with van der Waals surface area (Å²) in [6.45, 7) is 4.80. The van der Waals surface area contributed by atoms with Crippen molar-refractivity contribution >= 4 is 11.9 Å². The molecule has 0 bridgehead atoms. The maximum atomic E-state index is 13.7. The fraction of sp³-hybridized carbons (Fsp3) is 0.467. The van der Waals surface area contributed by atoms with E-state index < -0.39 is 17.9 Å². The molecule has 22 heavy (non-hydrogen) atoms. The molecule has 0 saturated carbocycles. The fourth-order valence-corrected chi connectivity index (χ4v) is 2.13. The SMILES string of the molecule is CC[NH+](Cc1ccc(OC)c(F)c1)[C@@H](C)C(=O)NC(=O)NC. The lowest BCUT2D eigenvalue weighted by molar-refractivity contribution is -0.926. The van der Waals surface area contributed by atoms with E-state index in [9.17, 15) is 14.0 Å². The second-order valence-corrected chi connectivity index (χ2v) is 4.95. The van der Waals surface area contributed by atoms with E-state index in [0.717, 1.165) is 10.5 Å². The predicted octanol–water partition coefficient (Wildman–Crippen LogP) is 0.0832. The number of methoxy groups -OCH3 is 1. The summed E-state index contributed by atoms with van der Waals surface area (Å²) in [5.41, 5.74) is 0.759. The van der Waals surface area contributed by atoms with Gasteiger partial charge in [0.25, 0.3) is 5.91 Å². The number of hydrogen-bond donors (Lipinski definition) is 3. The van der Waals surface area contributed by atoms with E-state index in [1.165, 1.54) is 20.2 Å². The lowest BCUT2D eigenvalue weighted by atomic mass is 10.1. The van der Waals surface area contributed by atoms with Crippen LogP contribution in [-0.4, -0.2) is 38.7 Å². The largest absolute Gasteiger partial charge is 0.494 e.